The molecule has 0 unspecified atom stereocenters. The highest BCUT2D eigenvalue weighted by Crippen LogP contribution is 2.22. The molecule has 2 amide bonds. The minimum atomic E-state index is -0.272. The fourth-order valence-corrected chi connectivity index (χ4v) is 3.80. The van der Waals surface area contributed by atoms with Crippen LogP contribution in [0.25, 0.3) is 0 Å². The molecule has 1 aromatic rings. The van der Waals surface area contributed by atoms with E-state index in [2.05, 4.69) is 12.1 Å². The molecule has 0 saturated carbocycles. The van der Waals surface area contributed by atoms with E-state index in [4.69, 9.17) is 0 Å². The summed E-state index contributed by atoms with van der Waals surface area (Å²) in [6.07, 6.45) is 4.06. The van der Waals surface area contributed by atoms with Crippen LogP contribution in [0.4, 0.5) is 0 Å². The molecule has 1 atom stereocenters. The lowest BCUT2D eigenvalue weighted by atomic mass is 9.94. The molecule has 136 valence electrons. The molecule has 0 radical (unpaired) electrons. The van der Waals surface area contributed by atoms with Crippen molar-refractivity contribution in [2.75, 3.05) is 26.2 Å². The number of aryl methyl sites for hydroxylation is 1. The lowest BCUT2D eigenvalue weighted by Crippen LogP contribution is -2.49. The molecule has 0 aromatic heterocycles. The predicted molar refractivity (Wildman–Crippen MR) is 95.9 cm³/mol. The van der Waals surface area contributed by atoms with Gasteiger partial charge in [0.05, 0.1) is 12.0 Å². The molecule has 3 rings (SSSR count). The van der Waals surface area contributed by atoms with E-state index < -0.39 is 0 Å². The highest BCUT2D eigenvalue weighted by Gasteiger charge is 2.33. The van der Waals surface area contributed by atoms with Crippen LogP contribution in [0.5, 0.6) is 0 Å². The van der Waals surface area contributed by atoms with Gasteiger partial charge in [-0.15, -0.1) is 0 Å². The van der Waals surface area contributed by atoms with E-state index >= 15 is 0 Å². The van der Waals surface area contributed by atoms with Gasteiger partial charge in [0.25, 0.3) is 0 Å². The number of aliphatic hydroxyl groups excluding tert-OH is 1. The molecule has 2 aliphatic rings. The number of carbonyl (C=O) groups excluding carboxylic acids is 2. The second kappa shape index (κ2) is 8.48. The molecule has 0 aliphatic carbocycles. The van der Waals surface area contributed by atoms with Crippen LogP contribution in [0, 0.1) is 5.92 Å². The summed E-state index contributed by atoms with van der Waals surface area (Å²) in [6, 6.07) is 10.3. The monoisotopic (exact) mass is 344 g/mol. The quantitative estimate of drug-likeness (QED) is 0.887. The molecule has 2 fully saturated rings. The molecule has 2 aliphatic heterocycles. The Bertz CT molecular complexity index is 582. The Morgan fingerprint density at radius 2 is 1.84 bits per heavy atom. The van der Waals surface area contributed by atoms with Crippen molar-refractivity contribution in [1.29, 1.82) is 0 Å². The first-order chi connectivity index (χ1) is 12.1. The van der Waals surface area contributed by atoms with E-state index in [1.807, 2.05) is 28.0 Å². The van der Waals surface area contributed by atoms with Crippen molar-refractivity contribution in [3.8, 4) is 0 Å². The van der Waals surface area contributed by atoms with Crippen molar-refractivity contribution >= 4 is 11.8 Å². The summed E-state index contributed by atoms with van der Waals surface area (Å²) in [6.45, 7) is 2.54. The Morgan fingerprint density at radius 1 is 1.12 bits per heavy atom. The topological polar surface area (TPSA) is 60.9 Å². The van der Waals surface area contributed by atoms with Gasteiger partial charge >= 0.3 is 0 Å². The molecule has 5 heteroatoms. The molecular weight excluding hydrogens is 316 g/mol. The lowest BCUT2D eigenvalue weighted by Gasteiger charge is -2.37. The lowest BCUT2D eigenvalue weighted by molar-refractivity contribution is -0.144. The van der Waals surface area contributed by atoms with Crippen molar-refractivity contribution in [2.45, 2.75) is 44.6 Å². The molecule has 1 N–H and O–H groups in total. The van der Waals surface area contributed by atoms with Gasteiger partial charge in [-0.2, -0.15) is 0 Å². The Balaban J connectivity index is 1.49. The van der Waals surface area contributed by atoms with Gasteiger partial charge in [0.15, 0.2) is 0 Å². The SMILES string of the molecule is O=C1CC[C@H](C(=O)N2CCC(O)CC2)CN1CCCc1ccccc1. The third-order valence-electron chi connectivity index (χ3n) is 5.36. The second-order valence-electron chi connectivity index (χ2n) is 7.22. The first-order valence-corrected chi connectivity index (χ1v) is 9.42. The van der Waals surface area contributed by atoms with Crippen LogP contribution in [0.3, 0.4) is 0 Å². The highest BCUT2D eigenvalue weighted by molar-refractivity contribution is 5.84. The number of likely N-dealkylation sites (tertiary alicyclic amines) is 2. The summed E-state index contributed by atoms with van der Waals surface area (Å²) in [7, 11) is 0. The first-order valence-electron chi connectivity index (χ1n) is 9.42. The number of rotatable bonds is 5. The maximum atomic E-state index is 12.7. The van der Waals surface area contributed by atoms with Gasteiger partial charge in [0, 0.05) is 32.6 Å². The zero-order valence-electron chi connectivity index (χ0n) is 14.8. The van der Waals surface area contributed by atoms with Gasteiger partial charge in [-0.05, 0) is 37.7 Å². The number of hydrogen-bond donors (Lipinski definition) is 1. The molecule has 2 saturated heterocycles. The summed E-state index contributed by atoms with van der Waals surface area (Å²) in [4.78, 5) is 28.6. The number of hydrogen-bond acceptors (Lipinski definition) is 3. The van der Waals surface area contributed by atoms with Crippen LogP contribution in [-0.4, -0.2) is 59.0 Å². The number of carbonyl (C=O) groups is 2. The maximum absolute atomic E-state index is 12.7. The van der Waals surface area contributed by atoms with E-state index in [0.717, 1.165) is 19.4 Å². The Morgan fingerprint density at radius 3 is 2.56 bits per heavy atom. The molecule has 5 nitrogen and oxygen atoms in total. The van der Waals surface area contributed by atoms with Crippen LogP contribution in [0.2, 0.25) is 0 Å². The number of amides is 2. The smallest absolute Gasteiger partial charge is 0.227 e. The van der Waals surface area contributed by atoms with Crippen LogP contribution in [0.15, 0.2) is 30.3 Å². The predicted octanol–water partition coefficient (Wildman–Crippen LogP) is 1.84. The fourth-order valence-electron chi connectivity index (χ4n) is 3.80. The Labute approximate surface area is 149 Å². The van der Waals surface area contributed by atoms with Crippen molar-refractivity contribution in [2.24, 2.45) is 5.92 Å². The zero-order chi connectivity index (χ0) is 17.6. The molecule has 0 spiro atoms. The van der Waals surface area contributed by atoms with Crippen molar-refractivity contribution in [1.82, 2.24) is 9.80 Å². The third kappa shape index (κ3) is 4.82. The van der Waals surface area contributed by atoms with Crippen LogP contribution in [-0.2, 0) is 16.0 Å². The molecule has 1 aromatic carbocycles. The highest BCUT2D eigenvalue weighted by atomic mass is 16.3. The van der Waals surface area contributed by atoms with Gasteiger partial charge in [-0.25, -0.2) is 0 Å². The third-order valence-corrected chi connectivity index (χ3v) is 5.36. The molecule has 25 heavy (non-hydrogen) atoms. The summed E-state index contributed by atoms with van der Waals surface area (Å²) in [5, 5.41) is 9.60. The van der Waals surface area contributed by atoms with Crippen LogP contribution >= 0.6 is 0 Å². The normalized spacial score (nSPS) is 22.3. The van der Waals surface area contributed by atoms with Crippen molar-refractivity contribution in [3.05, 3.63) is 35.9 Å². The number of benzene rings is 1. The summed E-state index contributed by atoms with van der Waals surface area (Å²) < 4.78 is 0. The Kier molecular flexibility index (Phi) is 6.08. The van der Waals surface area contributed by atoms with Gasteiger partial charge < -0.3 is 14.9 Å². The van der Waals surface area contributed by atoms with E-state index in [9.17, 15) is 14.7 Å². The first kappa shape index (κ1) is 17.9. The zero-order valence-corrected chi connectivity index (χ0v) is 14.8. The largest absolute Gasteiger partial charge is 0.393 e. The summed E-state index contributed by atoms with van der Waals surface area (Å²) in [5.74, 6) is 0.253. The Hall–Kier alpha value is -1.88. The summed E-state index contributed by atoms with van der Waals surface area (Å²) in [5.41, 5.74) is 1.28. The minimum absolute atomic E-state index is 0.0790. The van der Waals surface area contributed by atoms with Gasteiger partial charge in [0.1, 0.15) is 0 Å². The molecular formula is C20H28N2O3. The van der Waals surface area contributed by atoms with Crippen LogP contribution in [0.1, 0.15) is 37.7 Å². The molecule has 0 bridgehead atoms. The van der Waals surface area contributed by atoms with E-state index in [1.165, 1.54) is 5.56 Å². The number of aliphatic hydroxyl groups is 1. The minimum Gasteiger partial charge on any atom is -0.393 e. The van der Waals surface area contributed by atoms with Gasteiger partial charge in [0.2, 0.25) is 11.8 Å². The van der Waals surface area contributed by atoms with E-state index in [0.29, 0.717) is 45.3 Å². The van der Waals surface area contributed by atoms with E-state index in [-0.39, 0.29) is 23.8 Å². The average molecular weight is 344 g/mol. The second-order valence-corrected chi connectivity index (χ2v) is 7.22. The number of piperidine rings is 2. The van der Waals surface area contributed by atoms with Crippen molar-refractivity contribution in [3.63, 3.8) is 0 Å². The van der Waals surface area contributed by atoms with Crippen molar-refractivity contribution < 1.29 is 14.7 Å². The van der Waals surface area contributed by atoms with Crippen LogP contribution < -0.4 is 0 Å². The van der Waals surface area contributed by atoms with E-state index in [1.54, 1.807) is 0 Å². The van der Waals surface area contributed by atoms with Gasteiger partial charge in [-0.1, -0.05) is 30.3 Å². The summed E-state index contributed by atoms with van der Waals surface area (Å²) >= 11 is 0. The average Bonchev–Trinajstić information content (AvgIpc) is 2.64. The maximum Gasteiger partial charge on any atom is 0.227 e. The van der Waals surface area contributed by atoms with Gasteiger partial charge in [-0.3, -0.25) is 9.59 Å². The standard InChI is InChI=1S/C20H28N2O3/c23-18-10-13-21(14-11-18)20(25)17-8-9-19(24)22(15-17)12-4-7-16-5-2-1-3-6-16/h1-3,5-6,17-18,23H,4,7-15H2/t17-/m0/s1. The molecule has 2 heterocycles. The number of nitrogens with zero attached hydrogens (tertiary/aromatic N) is 2. The fraction of sp³-hybridized carbons (Fsp3) is 0.600.